The van der Waals surface area contributed by atoms with Gasteiger partial charge in [-0.2, -0.15) is 0 Å². The molecule has 0 saturated heterocycles. The minimum Gasteiger partial charge on any atom is -0.481 e. The number of alkyl halides is 1. The number of aliphatic carboxylic acids is 1. The number of carbonyl (C=O) groups is 1. The highest BCUT2D eigenvalue weighted by Gasteiger charge is 2.45. The Kier molecular flexibility index (Phi) is 4.02. The maximum atomic E-state index is 11.9. The number of halogens is 1. The number of aliphatic imine (C=N–C) groups is 1. The van der Waals surface area contributed by atoms with Gasteiger partial charge in [0.2, 0.25) is 0 Å². The second kappa shape index (κ2) is 5.06. The summed E-state index contributed by atoms with van der Waals surface area (Å²) < 4.78 is 11.9. The number of hydrogen-bond acceptors (Lipinski definition) is 3. The van der Waals surface area contributed by atoms with Crippen molar-refractivity contribution in [2.24, 2.45) is 34.2 Å². The number of nitrogens with two attached hydrogens (primary N) is 2. The first-order valence-electron chi connectivity index (χ1n) is 4.87. The predicted molar refractivity (Wildman–Crippen MR) is 54.2 cm³/mol. The summed E-state index contributed by atoms with van der Waals surface area (Å²) in [6.45, 7) is -0.209. The Morgan fingerprint density at radius 2 is 2.33 bits per heavy atom. The first-order chi connectivity index (χ1) is 7.10. The highest BCUT2D eigenvalue weighted by molar-refractivity contribution is 5.81. The van der Waals surface area contributed by atoms with E-state index in [2.05, 4.69) is 4.99 Å². The number of hydrogen-bond donors (Lipinski definition) is 3. The van der Waals surface area contributed by atoms with Crippen molar-refractivity contribution in [3.63, 3.8) is 0 Å². The molecule has 0 aliphatic heterocycles. The molecule has 0 amide bonds. The molecule has 1 aliphatic rings. The van der Waals surface area contributed by atoms with Gasteiger partial charge >= 0.3 is 5.97 Å². The van der Waals surface area contributed by atoms with Crippen LogP contribution in [0.5, 0.6) is 0 Å². The highest BCUT2D eigenvalue weighted by Crippen LogP contribution is 2.44. The lowest BCUT2D eigenvalue weighted by atomic mass is 10.0. The van der Waals surface area contributed by atoms with E-state index in [1.54, 1.807) is 0 Å². The maximum Gasteiger partial charge on any atom is 0.308 e. The van der Waals surface area contributed by atoms with Gasteiger partial charge in [-0.15, -0.1) is 0 Å². The van der Waals surface area contributed by atoms with Crippen LogP contribution in [0.3, 0.4) is 0 Å². The zero-order valence-corrected chi connectivity index (χ0v) is 8.40. The minimum atomic E-state index is -0.868. The third-order valence-corrected chi connectivity index (χ3v) is 2.73. The van der Waals surface area contributed by atoms with Crippen molar-refractivity contribution in [3.05, 3.63) is 0 Å². The van der Waals surface area contributed by atoms with Crippen LogP contribution in [0, 0.1) is 17.8 Å². The first-order valence-corrected chi connectivity index (χ1v) is 4.87. The van der Waals surface area contributed by atoms with Crippen molar-refractivity contribution in [3.8, 4) is 0 Å². The van der Waals surface area contributed by atoms with Crippen LogP contribution in [-0.4, -0.2) is 36.7 Å². The molecule has 0 aromatic heterocycles. The Bertz CT molecular complexity index is 270. The van der Waals surface area contributed by atoms with E-state index in [-0.39, 0.29) is 24.2 Å². The van der Waals surface area contributed by atoms with Gasteiger partial charge in [0.05, 0.1) is 5.92 Å². The lowest BCUT2D eigenvalue weighted by molar-refractivity contribution is -0.142. The Labute approximate surface area is 87.3 Å². The minimum absolute atomic E-state index is 0.0275. The smallest absolute Gasteiger partial charge is 0.308 e. The molecule has 3 unspecified atom stereocenters. The van der Waals surface area contributed by atoms with Gasteiger partial charge in [0.1, 0.15) is 12.5 Å². The molecule has 0 aromatic carbocycles. The fourth-order valence-corrected chi connectivity index (χ4v) is 1.71. The van der Waals surface area contributed by atoms with E-state index >= 15 is 0 Å². The number of carboxylic acids is 1. The third-order valence-electron chi connectivity index (χ3n) is 2.73. The van der Waals surface area contributed by atoms with Crippen molar-refractivity contribution in [1.82, 2.24) is 0 Å². The van der Waals surface area contributed by atoms with Crippen LogP contribution in [-0.2, 0) is 4.79 Å². The lowest BCUT2D eigenvalue weighted by Crippen LogP contribution is -2.26. The molecule has 3 atom stereocenters. The molecule has 6 heteroatoms. The van der Waals surface area contributed by atoms with Gasteiger partial charge < -0.3 is 16.6 Å². The van der Waals surface area contributed by atoms with Crippen molar-refractivity contribution in [2.45, 2.75) is 6.42 Å². The number of carboxylic acid groups (broad SMARTS) is 1. The van der Waals surface area contributed by atoms with Crippen LogP contribution >= 0.6 is 0 Å². The maximum absolute atomic E-state index is 11.9. The summed E-state index contributed by atoms with van der Waals surface area (Å²) in [7, 11) is 0. The van der Waals surface area contributed by atoms with Gasteiger partial charge in [0, 0.05) is 13.1 Å². The van der Waals surface area contributed by atoms with E-state index in [4.69, 9.17) is 16.6 Å². The van der Waals surface area contributed by atoms with Crippen LogP contribution in [0.1, 0.15) is 6.42 Å². The van der Waals surface area contributed by atoms with Gasteiger partial charge in [0.25, 0.3) is 0 Å². The normalized spacial score (nSPS) is 27.5. The summed E-state index contributed by atoms with van der Waals surface area (Å²) in [6, 6.07) is 0. The molecule has 1 aliphatic carbocycles. The fraction of sp³-hybridized carbons (Fsp3) is 0.778. The van der Waals surface area contributed by atoms with E-state index in [0.717, 1.165) is 6.42 Å². The number of rotatable bonds is 6. The molecule has 5 nitrogen and oxygen atoms in total. The molecule has 0 spiro atoms. The van der Waals surface area contributed by atoms with Crippen LogP contribution in [0.15, 0.2) is 4.99 Å². The van der Waals surface area contributed by atoms with Gasteiger partial charge in [-0.05, 0) is 18.3 Å². The number of amidine groups is 1. The molecular formula is C9H16FN3O2. The molecule has 0 aromatic rings. The Balaban J connectivity index is 2.36. The van der Waals surface area contributed by atoms with Crippen molar-refractivity contribution in [1.29, 1.82) is 0 Å². The van der Waals surface area contributed by atoms with Crippen molar-refractivity contribution in [2.75, 3.05) is 19.8 Å². The van der Waals surface area contributed by atoms with Gasteiger partial charge in [-0.3, -0.25) is 9.79 Å². The fourth-order valence-electron chi connectivity index (χ4n) is 1.71. The third kappa shape index (κ3) is 3.16. The molecule has 5 N–H and O–H groups in total. The lowest BCUT2D eigenvalue weighted by Gasteiger charge is -2.07. The summed E-state index contributed by atoms with van der Waals surface area (Å²) >= 11 is 0. The summed E-state index contributed by atoms with van der Waals surface area (Å²) in [5.74, 6) is -1.13. The highest BCUT2D eigenvalue weighted by atomic mass is 19.1. The SMILES string of the molecule is NCC(C(=O)O)C1CC1CN=C(N)CF. The zero-order chi connectivity index (χ0) is 11.4. The van der Waals surface area contributed by atoms with Gasteiger partial charge in [-0.25, -0.2) is 4.39 Å². The summed E-state index contributed by atoms with van der Waals surface area (Å²) in [6.07, 6.45) is 0.789. The van der Waals surface area contributed by atoms with Crippen LogP contribution in [0.4, 0.5) is 4.39 Å². The van der Waals surface area contributed by atoms with Crippen molar-refractivity contribution < 1.29 is 14.3 Å². The molecule has 1 saturated carbocycles. The van der Waals surface area contributed by atoms with Gasteiger partial charge in [-0.1, -0.05) is 0 Å². The average molecular weight is 217 g/mol. The van der Waals surface area contributed by atoms with E-state index < -0.39 is 18.6 Å². The topological polar surface area (TPSA) is 102 Å². The molecule has 1 rings (SSSR count). The van der Waals surface area contributed by atoms with E-state index in [1.165, 1.54) is 0 Å². The summed E-state index contributed by atoms with van der Waals surface area (Å²) in [4.78, 5) is 14.6. The van der Waals surface area contributed by atoms with Crippen molar-refractivity contribution >= 4 is 11.8 Å². The molecule has 86 valence electrons. The van der Waals surface area contributed by atoms with E-state index in [0.29, 0.717) is 6.54 Å². The zero-order valence-electron chi connectivity index (χ0n) is 8.40. The second-order valence-electron chi connectivity index (χ2n) is 3.81. The number of nitrogens with zero attached hydrogens (tertiary/aromatic N) is 1. The van der Waals surface area contributed by atoms with Crippen LogP contribution in [0.2, 0.25) is 0 Å². The average Bonchev–Trinajstić information content (AvgIpc) is 2.94. The second-order valence-corrected chi connectivity index (χ2v) is 3.81. The van der Waals surface area contributed by atoms with E-state index in [9.17, 15) is 9.18 Å². The first kappa shape index (κ1) is 11.9. The van der Waals surface area contributed by atoms with Gasteiger partial charge in [0.15, 0.2) is 0 Å². The monoisotopic (exact) mass is 217 g/mol. The molecule has 1 fully saturated rings. The van der Waals surface area contributed by atoms with E-state index in [1.807, 2.05) is 0 Å². The standard InChI is InChI=1S/C9H16FN3O2/c10-2-8(12)13-4-5-1-6(5)7(3-11)9(14)15/h5-7H,1-4,11H2,(H2,12,13)(H,14,15). The summed E-state index contributed by atoms with van der Waals surface area (Å²) in [5, 5.41) is 8.82. The molecule has 0 bridgehead atoms. The Morgan fingerprint density at radius 3 is 2.80 bits per heavy atom. The molecule has 0 radical (unpaired) electrons. The quantitative estimate of drug-likeness (QED) is 0.416. The van der Waals surface area contributed by atoms with Crippen LogP contribution < -0.4 is 11.5 Å². The molecule has 0 heterocycles. The summed E-state index contributed by atoms with van der Waals surface area (Å²) in [5.41, 5.74) is 10.6. The largest absolute Gasteiger partial charge is 0.481 e. The molecule has 15 heavy (non-hydrogen) atoms. The predicted octanol–water partition coefficient (Wildman–Crippen LogP) is -0.391. The Morgan fingerprint density at radius 1 is 1.67 bits per heavy atom. The molecular weight excluding hydrogens is 201 g/mol. The Hall–Kier alpha value is -1.17. The van der Waals surface area contributed by atoms with Crippen LogP contribution in [0.25, 0.3) is 0 Å².